The highest BCUT2D eigenvalue weighted by Crippen LogP contribution is 2.33. The van der Waals surface area contributed by atoms with Crippen molar-refractivity contribution in [2.75, 3.05) is 35.1 Å². The number of halogens is 2. The third kappa shape index (κ3) is 5.80. The molecule has 162 valence electrons. The van der Waals surface area contributed by atoms with Gasteiger partial charge in [-0.1, -0.05) is 41.4 Å². The molecule has 6 nitrogen and oxygen atoms in total. The van der Waals surface area contributed by atoms with Gasteiger partial charge in [0.05, 0.1) is 22.0 Å². The van der Waals surface area contributed by atoms with Crippen LogP contribution in [0.1, 0.15) is 24.8 Å². The van der Waals surface area contributed by atoms with E-state index in [2.05, 4.69) is 22.3 Å². The number of rotatable bonds is 7. The van der Waals surface area contributed by atoms with Crippen molar-refractivity contribution in [3.63, 3.8) is 0 Å². The summed E-state index contributed by atoms with van der Waals surface area (Å²) >= 11 is 12.2. The highest BCUT2D eigenvalue weighted by molar-refractivity contribution is 7.92. The number of sulfonamides is 1. The molecule has 1 saturated heterocycles. The predicted molar refractivity (Wildman–Crippen MR) is 123 cm³/mol. The smallest absolute Gasteiger partial charge is 0.241 e. The third-order valence-corrected chi connectivity index (χ3v) is 6.97. The van der Waals surface area contributed by atoms with E-state index >= 15 is 0 Å². The molecule has 0 spiro atoms. The molecule has 2 aromatic rings. The van der Waals surface area contributed by atoms with E-state index in [1.54, 1.807) is 12.1 Å². The van der Waals surface area contributed by atoms with Crippen LogP contribution in [0.4, 0.5) is 11.4 Å². The van der Waals surface area contributed by atoms with Crippen molar-refractivity contribution in [3.8, 4) is 0 Å². The van der Waals surface area contributed by atoms with Crippen molar-refractivity contribution in [1.82, 2.24) is 5.32 Å². The Hall–Kier alpha value is -1.96. The summed E-state index contributed by atoms with van der Waals surface area (Å²) in [5.74, 6) is -0.434. The summed E-state index contributed by atoms with van der Waals surface area (Å²) in [6.07, 6.45) is 4.74. The van der Waals surface area contributed by atoms with Crippen LogP contribution < -0.4 is 14.5 Å². The minimum Gasteiger partial charge on any atom is -0.372 e. The lowest BCUT2D eigenvalue weighted by Gasteiger charge is -2.28. The van der Waals surface area contributed by atoms with E-state index in [4.69, 9.17) is 23.2 Å². The SMILES string of the molecule is CS(=O)(=O)N(CC(=O)NCc1ccc(N2CCCCC2)cc1)c1cccc(Cl)c1Cl. The summed E-state index contributed by atoms with van der Waals surface area (Å²) in [5.41, 5.74) is 2.30. The minimum absolute atomic E-state index is 0.0886. The number of carbonyl (C=O) groups excluding carboxylic acids is 1. The Morgan fingerprint density at radius 1 is 1.07 bits per heavy atom. The zero-order chi connectivity index (χ0) is 21.7. The van der Waals surface area contributed by atoms with Crippen LogP contribution in [0.15, 0.2) is 42.5 Å². The number of benzene rings is 2. The Balaban J connectivity index is 1.62. The van der Waals surface area contributed by atoms with Crippen LogP contribution in [-0.4, -0.2) is 40.2 Å². The zero-order valence-electron chi connectivity index (χ0n) is 16.8. The highest BCUT2D eigenvalue weighted by atomic mass is 35.5. The zero-order valence-corrected chi connectivity index (χ0v) is 19.1. The van der Waals surface area contributed by atoms with Gasteiger partial charge in [0.1, 0.15) is 6.54 Å². The van der Waals surface area contributed by atoms with Gasteiger partial charge in [0.25, 0.3) is 0 Å². The Labute approximate surface area is 187 Å². The fourth-order valence-electron chi connectivity index (χ4n) is 3.43. The number of nitrogens with one attached hydrogen (secondary N) is 1. The number of hydrogen-bond donors (Lipinski definition) is 1. The largest absolute Gasteiger partial charge is 0.372 e. The van der Waals surface area contributed by atoms with E-state index in [-0.39, 0.29) is 22.3 Å². The first-order valence-corrected chi connectivity index (χ1v) is 12.4. The van der Waals surface area contributed by atoms with Crippen molar-refractivity contribution in [2.24, 2.45) is 0 Å². The van der Waals surface area contributed by atoms with Crippen molar-refractivity contribution < 1.29 is 13.2 Å². The number of piperidine rings is 1. The van der Waals surface area contributed by atoms with Crippen LogP contribution in [0.2, 0.25) is 10.0 Å². The van der Waals surface area contributed by atoms with Crippen LogP contribution in [0.5, 0.6) is 0 Å². The molecular formula is C21H25Cl2N3O3S. The molecule has 1 aliphatic heterocycles. The maximum absolute atomic E-state index is 12.5. The van der Waals surface area contributed by atoms with Gasteiger partial charge in [-0.25, -0.2) is 8.42 Å². The quantitative estimate of drug-likeness (QED) is 0.663. The maximum atomic E-state index is 12.5. The van der Waals surface area contributed by atoms with Gasteiger partial charge in [-0.3, -0.25) is 9.10 Å². The molecule has 0 aromatic heterocycles. The molecule has 1 fully saturated rings. The average Bonchev–Trinajstić information content (AvgIpc) is 2.73. The summed E-state index contributed by atoms with van der Waals surface area (Å²) in [6, 6.07) is 12.7. The lowest BCUT2D eigenvalue weighted by molar-refractivity contribution is -0.119. The van der Waals surface area contributed by atoms with Gasteiger partial charge >= 0.3 is 0 Å². The fourth-order valence-corrected chi connectivity index (χ4v) is 4.74. The third-order valence-electron chi connectivity index (χ3n) is 5.03. The second-order valence-electron chi connectivity index (χ2n) is 7.33. The van der Waals surface area contributed by atoms with E-state index in [9.17, 15) is 13.2 Å². The van der Waals surface area contributed by atoms with Crippen LogP contribution in [0.25, 0.3) is 0 Å². The molecule has 1 amide bonds. The van der Waals surface area contributed by atoms with Crippen molar-refractivity contribution in [3.05, 3.63) is 58.1 Å². The molecule has 0 aliphatic carbocycles. The van der Waals surface area contributed by atoms with Gasteiger partial charge in [-0.05, 0) is 49.1 Å². The topological polar surface area (TPSA) is 69.7 Å². The Morgan fingerprint density at radius 3 is 2.37 bits per heavy atom. The average molecular weight is 470 g/mol. The molecule has 1 aliphatic rings. The van der Waals surface area contributed by atoms with E-state index in [1.165, 1.54) is 31.0 Å². The van der Waals surface area contributed by atoms with Crippen LogP contribution >= 0.6 is 23.2 Å². The summed E-state index contributed by atoms with van der Waals surface area (Å²) < 4.78 is 25.4. The Morgan fingerprint density at radius 2 is 1.73 bits per heavy atom. The summed E-state index contributed by atoms with van der Waals surface area (Å²) in [6.45, 7) is 2.07. The van der Waals surface area contributed by atoms with Crippen LogP contribution in [0.3, 0.4) is 0 Å². The molecule has 0 bridgehead atoms. The van der Waals surface area contributed by atoms with Crippen molar-refractivity contribution in [2.45, 2.75) is 25.8 Å². The molecule has 2 aromatic carbocycles. The highest BCUT2D eigenvalue weighted by Gasteiger charge is 2.23. The van der Waals surface area contributed by atoms with E-state index in [0.717, 1.165) is 29.2 Å². The summed E-state index contributed by atoms with van der Waals surface area (Å²) in [5, 5.41) is 3.08. The number of hydrogen-bond acceptors (Lipinski definition) is 4. The standard InChI is InChI=1S/C21H25Cl2N3O3S/c1-30(28,29)26(19-7-5-6-18(22)21(19)23)15-20(27)24-14-16-8-10-17(11-9-16)25-12-3-2-4-13-25/h5-11H,2-4,12-15H2,1H3,(H,24,27). The first-order valence-electron chi connectivity index (χ1n) is 9.78. The molecule has 0 saturated carbocycles. The first-order chi connectivity index (χ1) is 14.3. The predicted octanol–water partition coefficient (Wildman–Crippen LogP) is 4.07. The van der Waals surface area contributed by atoms with E-state index in [1.807, 2.05) is 12.1 Å². The van der Waals surface area contributed by atoms with Gasteiger partial charge in [-0.15, -0.1) is 0 Å². The second kappa shape index (κ2) is 9.90. The monoisotopic (exact) mass is 469 g/mol. The second-order valence-corrected chi connectivity index (χ2v) is 10.0. The van der Waals surface area contributed by atoms with Gasteiger partial charge in [0, 0.05) is 25.3 Å². The molecular weight excluding hydrogens is 445 g/mol. The molecule has 0 unspecified atom stereocenters. The lowest BCUT2D eigenvalue weighted by Crippen LogP contribution is -2.40. The Bertz CT molecular complexity index is 991. The number of nitrogens with zero attached hydrogens (tertiary/aromatic N) is 2. The molecule has 3 rings (SSSR count). The fraction of sp³-hybridized carbons (Fsp3) is 0.381. The van der Waals surface area contributed by atoms with E-state index < -0.39 is 15.9 Å². The lowest BCUT2D eigenvalue weighted by atomic mass is 10.1. The maximum Gasteiger partial charge on any atom is 0.241 e. The van der Waals surface area contributed by atoms with Gasteiger partial charge < -0.3 is 10.2 Å². The minimum atomic E-state index is -3.73. The molecule has 9 heteroatoms. The van der Waals surface area contributed by atoms with Gasteiger partial charge in [0.2, 0.25) is 15.9 Å². The van der Waals surface area contributed by atoms with Gasteiger partial charge in [-0.2, -0.15) is 0 Å². The summed E-state index contributed by atoms with van der Waals surface area (Å²) in [7, 11) is -3.73. The molecule has 0 radical (unpaired) electrons. The Kier molecular flexibility index (Phi) is 7.50. The number of amides is 1. The molecule has 1 N–H and O–H groups in total. The van der Waals surface area contributed by atoms with E-state index in [0.29, 0.717) is 6.54 Å². The molecule has 1 heterocycles. The normalized spacial score (nSPS) is 14.4. The molecule has 0 atom stereocenters. The van der Waals surface area contributed by atoms with Crippen LogP contribution in [0, 0.1) is 0 Å². The number of anilines is 2. The van der Waals surface area contributed by atoms with Crippen molar-refractivity contribution >= 4 is 50.5 Å². The van der Waals surface area contributed by atoms with Gasteiger partial charge in [0.15, 0.2) is 0 Å². The molecule has 30 heavy (non-hydrogen) atoms. The van der Waals surface area contributed by atoms with Crippen LogP contribution in [-0.2, 0) is 21.4 Å². The first kappa shape index (κ1) is 22.7. The summed E-state index contributed by atoms with van der Waals surface area (Å²) in [4.78, 5) is 14.8. The van der Waals surface area contributed by atoms with Crippen molar-refractivity contribution in [1.29, 1.82) is 0 Å². The number of carbonyl (C=O) groups is 1.